The number of unbranched alkanes of at least 4 members (excludes halogenated alkanes) is 3. The van der Waals surface area contributed by atoms with Crippen molar-refractivity contribution in [3.63, 3.8) is 0 Å². The van der Waals surface area contributed by atoms with Crippen molar-refractivity contribution in [1.82, 2.24) is 4.90 Å². The number of hydrogen-bond acceptors (Lipinski definition) is 3. The maximum atomic E-state index is 12.2. The van der Waals surface area contributed by atoms with Crippen molar-refractivity contribution in [3.05, 3.63) is 0 Å². The largest absolute Gasteiger partial charge is 0.465 e. The van der Waals surface area contributed by atoms with E-state index in [0.29, 0.717) is 6.61 Å². The van der Waals surface area contributed by atoms with Crippen LogP contribution in [0.4, 0.5) is 0 Å². The monoisotopic (exact) mass is 313 g/mol. The van der Waals surface area contributed by atoms with Crippen molar-refractivity contribution >= 4 is 5.97 Å². The van der Waals surface area contributed by atoms with E-state index < -0.39 is 0 Å². The summed E-state index contributed by atoms with van der Waals surface area (Å²) < 4.78 is 5.25. The molecule has 0 aromatic rings. The van der Waals surface area contributed by atoms with Crippen LogP contribution in [0.5, 0.6) is 0 Å². The number of ether oxygens (including phenoxy) is 1. The van der Waals surface area contributed by atoms with Crippen molar-refractivity contribution < 1.29 is 9.53 Å². The minimum atomic E-state index is -0.162. The summed E-state index contributed by atoms with van der Waals surface area (Å²) in [4.78, 5) is 14.5. The molecule has 0 aliphatic heterocycles. The van der Waals surface area contributed by atoms with Crippen LogP contribution in [0.25, 0.3) is 0 Å². The Hall–Kier alpha value is -0.570. The Morgan fingerprint density at radius 3 is 1.68 bits per heavy atom. The second-order valence-electron chi connectivity index (χ2n) is 6.57. The van der Waals surface area contributed by atoms with E-state index >= 15 is 0 Å². The van der Waals surface area contributed by atoms with Gasteiger partial charge in [-0.15, -0.1) is 0 Å². The van der Waals surface area contributed by atoms with Crippen LogP contribution in [0.1, 0.15) is 92.4 Å². The normalized spacial score (nSPS) is 13.4. The van der Waals surface area contributed by atoms with Crippen LogP contribution in [0.3, 0.4) is 0 Å². The number of carbonyl (C=O) groups excluding carboxylic acids is 1. The summed E-state index contributed by atoms with van der Waals surface area (Å²) in [5.41, 5.74) is 0.147. The highest BCUT2D eigenvalue weighted by atomic mass is 16.5. The van der Waals surface area contributed by atoms with E-state index in [0.717, 1.165) is 0 Å². The van der Waals surface area contributed by atoms with Crippen LogP contribution in [-0.2, 0) is 9.53 Å². The molecule has 0 radical (unpaired) electrons. The molecule has 0 bridgehead atoms. The first-order valence-corrected chi connectivity index (χ1v) is 9.38. The van der Waals surface area contributed by atoms with Gasteiger partial charge in [-0.05, 0) is 40.2 Å². The molecular weight excluding hydrogens is 274 g/mol. The Morgan fingerprint density at radius 2 is 1.36 bits per heavy atom. The van der Waals surface area contributed by atoms with Crippen LogP contribution in [0, 0.1) is 0 Å². The molecule has 1 unspecified atom stereocenters. The summed E-state index contributed by atoms with van der Waals surface area (Å²) in [7, 11) is 2.13. The summed E-state index contributed by atoms with van der Waals surface area (Å²) in [5, 5.41) is 0. The molecule has 0 fully saturated rings. The molecule has 1 atom stereocenters. The molecule has 0 amide bonds. The fourth-order valence-corrected chi connectivity index (χ4v) is 3.25. The van der Waals surface area contributed by atoms with Crippen LogP contribution in [0.15, 0.2) is 0 Å². The Balaban J connectivity index is 5.21. The van der Waals surface area contributed by atoms with E-state index in [1.54, 1.807) is 0 Å². The van der Waals surface area contributed by atoms with Gasteiger partial charge in [-0.25, -0.2) is 0 Å². The van der Waals surface area contributed by atoms with Gasteiger partial charge in [-0.1, -0.05) is 59.3 Å². The van der Waals surface area contributed by atoms with Crippen LogP contribution in [0.2, 0.25) is 0 Å². The lowest BCUT2D eigenvalue weighted by atomic mass is 9.80. The van der Waals surface area contributed by atoms with E-state index in [1.165, 1.54) is 57.8 Å². The molecule has 22 heavy (non-hydrogen) atoms. The molecule has 0 N–H and O–H groups in total. The van der Waals surface area contributed by atoms with E-state index in [4.69, 9.17) is 4.74 Å². The predicted molar refractivity (Wildman–Crippen MR) is 95.2 cm³/mol. The highest BCUT2D eigenvalue weighted by Gasteiger charge is 2.37. The Kier molecular flexibility index (Phi) is 11.6. The zero-order valence-corrected chi connectivity index (χ0v) is 15.9. The van der Waals surface area contributed by atoms with Gasteiger partial charge in [0, 0.05) is 5.54 Å². The second kappa shape index (κ2) is 11.9. The Bertz CT molecular complexity index is 269. The third kappa shape index (κ3) is 6.68. The van der Waals surface area contributed by atoms with E-state index in [-0.39, 0.29) is 17.6 Å². The van der Waals surface area contributed by atoms with Gasteiger partial charge in [0.2, 0.25) is 0 Å². The number of esters is 1. The van der Waals surface area contributed by atoms with Gasteiger partial charge >= 0.3 is 5.97 Å². The van der Waals surface area contributed by atoms with Gasteiger partial charge in [0.25, 0.3) is 0 Å². The summed E-state index contributed by atoms with van der Waals surface area (Å²) in [6, 6.07) is -0.162. The van der Waals surface area contributed by atoms with Crippen molar-refractivity contribution in [1.29, 1.82) is 0 Å². The highest BCUT2D eigenvalue weighted by molar-refractivity contribution is 5.75. The maximum absolute atomic E-state index is 12.2. The average Bonchev–Trinajstić information content (AvgIpc) is 2.53. The number of carbonyl (C=O) groups is 1. The predicted octanol–water partition coefficient (Wildman–Crippen LogP) is 5.18. The van der Waals surface area contributed by atoms with Gasteiger partial charge < -0.3 is 4.74 Å². The molecule has 3 nitrogen and oxygen atoms in total. The maximum Gasteiger partial charge on any atom is 0.323 e. The fourth-order valence-electron chi connectivity index (χ4n) is 3.25. The fraction of sp³-hybridized carbons (Fsp3) is 0.947. The molecule has 0 heterocycles. The summed E-state index contributed by atoms with van der Waals surface area (Å²) in [5.74, 6) is -0.0844. The summed E-state index contributed by atoms with van der Waals surface area (Å²) >= 11 is 0. The van der Waals surface area contributed by atoms with Crippen molar-refractivity contribution in [2.45, 2.75) is 104 Å². The molecule has 0 aliphatic carbocycles. The first-order chi connectivity index (χ1) is 10.5. The molecule has 0 spiro atoms. The quantitative estimate of drug-likeness (QED) is 0.439. The molecule has 0 aliphatic rings. The average molecular weight is 314 g/mol. The lowest BCUT2D eigenvalue weighted by molar-refractivity contribution is -0.151. The zero-order chi connectivity index (χ0) is 17.0. The molecule has 0 aromatic carbocycles. The molecule has 0 saturated heterocycles. The van der Waals surface area contributed by atoms with Crippen molar-refractivity contribution in [2.24, 2.45) is 0 Å². The lowest BCUT2D eigenvalue weighted by Crippen LogP contribution is -2.53. The zero-order valence-electron chi connectivity index (χ0n) is 15.9. The topological polar surface area (TPSA) is 29.5 Å². The Morgan fingerprint density at radius 1 is 0.955 bits per heavy atom. The number of hydrogen-bond donors (Lipinski definition) is 0. The minimum Gasteiger partial charge on any atom is -0.465 e. The number of rotatable bonds is 13. The van der Waals surface area contributed by atoms with Crippen LogP contribution >= 0.6 is 0 Å². The molecule has 0 aromatic heterocycles. The second-order valence-corrected chi connectivity index (χ2v) is 6.57. The van der Waals surface area contributed by atoms with Crippen molar-refractivity contribution in [3.8, 4) is 0 Å². The van der Waals surface area contributed by atoms with E-state index in [9.17, 15) is 4.79 Å². The first-order valence-electron chi connectivity index (χ1n) is 9.38. The third-order valence-corrected chi connectivity index (χ3v) is 4.94. The first kappa shape index (κ1) is 21.4. The highest BCUT2D eigenvalue weighted by Crippen LogP contribution is 2.34. The van der Waals surface area contributed by atoms with Gasteiger partial charge in [0.05, 0.1) is 6.61 Å². The molecule has 3 heteroatoms. The van der Waals surface area contributed by atoms with Gasteiger partial charge in [-0.2, -0.15) is 0 Å². The van der Waals surface area contributed by atoms with Crippen LogP contribution < -0.4 is 0 Å². The lowest BCUT2D eigenvalue weighted by Gasteiger charge is -2.45. The third-order valence-electron chi connectivity index (χ3n) is 4.94. The smallest absolute Gasteiger partial charge is 0.323 e. The van der Waals surface area contributed by atoms with E-state index in [2.05, 4.69) is 32.7 Å². The van der Waals surface area contributed by atoms with Crippen molar-refractivity contribution in [2.75, 3.05) is 13.7 Å². The summed E-state index contributed by atoms with van der Waals surface area (Å²) in [6.07, 6.45) is 10.9. The molecule has 0 saturated carbocycles. The molecular formula is C19H39NO2. The molecule has 0 rings (SSSR count). The summed E-state index contributed by atoms with van der Waals surface area (Å²) in [6.45, 7) is 11.1. The van der Waals surface area contributed by atoms with Crippen LogP contribution in [-0.4, -0.2) is 36.1 Å². The van der Waals surface area contributed by atoms with Gasteiger partial charge in [0.15, 0.2) is 0 Å². The standard InChI is InChI=1S/C19H39NO2/c1-7-11-14-19(15-12-8-2,16-13-9-3)20(6)17(5)18(21)22-10-4/h17H,7-16H2,1-6H3. The molecule has 132 valence electrons. The Labute approximate surface area is 138 Å². The van der Waals surface area contributed by atoms with Gasteiger partial charge in [0.1, 0.15) is 6.04 Å². The van der Waals surface area contributed by atoms with Gasteiger partial charge in [-0.3, -0.25) is 9.69 Å². The number of likely N-dealkylation sites (N-methyl/N-ethyl adjacent to an activating group) is 1. The van der Waals surface area contributed by atoms with E-state index in [1.807, 2.05) is 13.8 Å². The minimum absolute atomic E-state index is 0.0844. The SMILES string of the molecule is CCCCC(CCCC)(CCCC)N(C)C(C)C(=O)OCC. The number of nitrogens with zero attached hydrogens (tertiary/aromatic N) is 1.